The maximum absolute atomic E-state index is 11.6. The number of benzene rings is 1. The second kappa shape index (κ2) is 4.98. The van der Waals surface area contributed by atoms with E-state index in [0.717, 1.165) is 16.9 Å². The van der Waals surface area contributed by atoms with Crippen LogP contribution in [0.2, 0.25) is 0 Å². The van der Waals surface area contributed by atoms with E-state index in [1.54, 1.807) is 7.11 Å². The van der Waals surface area contributed by atoms with Crippen molar-refractivity contribution in [2.24, 2.45) is 0 Å². The Morgan fingerprint density at radius 1 is 1.39 bits per heavy atom. The molecule has 1 aromatic carbocycles. The van der Waals surface area contributed by atoms with Gasteiger partial charge in [0, 0.05) is 0 Å². The minimum absolute atomic E-state index is 0.111. The molecular formula is C14H18O4. The molecule has 98 valence electrons. The van der Waals surface area contributed by atoms with Crippen LogP contribution in [0, 0.1) is 6.92 Å². The van der Waals surface area contributed by atoms with E-state index in [4.69, 9.17) is 14.2 Å². The van der Waals surface area contributed by atoms with E-state index in [-0.39, 0.29) is 18.2 Å². The lowest BCUT2D eigenvalue weighted by molar-refractivity contribution is -0.148. The monoisotopic (exact) mass is 250 g/mol. The number of epoxide rings is 1. The van der Waals surface area contributed by atoms with Crippen LogP contribution in [0.25, 0.3) is 0 Å². The average molecular weight is 250 g/mol. The van der Waals surface area contributed by atoms with Gasteiger partial charge >= 0.3 is 5.97 Å². The fourth-order valence-corrected chi connectivity index (χ4v) is 1.92. The molecule has 0 saturated carbocycles. The van der Waals surface area contributed by atoms with Gasteiger partial charge in [0.05, 0.1) is 13.2 Å². The summed E-state index contributed by atoms with van der Waals surface area (Å²) in [7, 11) is 1.64. The van der Waals surface area contributed by atoms with E-state index in [9.17, 15) is 4.79 Å². The highest BCUT2D eigenvalue weighted by molar-refractivity contribution is 5.78. The molecule has 1 aliphatic heterocycles. The lowest BCUT2D eigenvalue weighted by Gasteiger charge is -2.06. The lowest BCUT2D eigenvalue weighted by atomic mass is 10.1. The van der Waals surface area contributed by atoms with Gasteiger partial charge in [-0.3, -0.25) is 0 Å². The zero-order valence-electron chi connectivity index (χ0n) is 11.1. The zero-order chi connectivity index (χ0) is 13.3. The van der Waals surface area contributed by atoms with Gasteiger partial charge in [0.25, 0.3) is 0 Å². The van der Waals surface area contributed by atoms with E-state index in [1.165, 1.54) is 0 Å². The highest BCUT2D eigenvalue weighted by atomic mass is 16.6. The van der Waals surface area contributed by atoms with Crippen molar-refractivity contribution in [2.45, 2.75) is 39.1 Å². The molecule has 0 aromatic heterocycles. The van der Waals surface area contributed by atoms with Crippen molar-refractivity contribution in [3.63, 3.8) is 0 Å². The van der Waals surface area contributed by atoms with Crippen LogP contribution in [-0.4, -0.2) is 25.3 Å². The molecule has 4 nitrogen and oxygen atoms in total. The number of hydrogen-bond acceptors (Lipinski definition) is 4. The maximum atomic E-state index is 11.6. The van der Waals surface area contributed by atoms with Gasteiger partial charge in [-0.05, 0) is 44.0 Å². The minimum atomic E-state index is -0.458. The summed E-state index contributed by atoms with van der Waals surface area (Å²) in [6.07, 6.45) is -0.749. The van der Waals surface area contributed by atoms with Crippen molar-refractivity contribution in [3.8, 4) is 5.75 Å². The van der Waals surface area contributed by atoms with Crippen molar-refractivity contribution in [1.82, 2.24) is 0 Å². The predicted molar refractivity (Wildman–Crippen MR) is 66.6 cm³/mol. The highest BCUT2D eigenvalue weighted by Gasteiger charge is 2.47. The summed E-state index contributed by atoms with van der Waals surface area (Å²) in [6.45, 7) is 5.62. The van der Waals surface area contributed by atoms with Crippen LogP contribution in [0.4, 0.5) is 0 Å². The number of aryl methyl sites for hydroxylation is 1. The molecule has 1 aliphatic rings. The smallest absolute Gasteiger partial charge is 0.338 e. The van der Waals surface area contributed by atoms with Gasteiger partial charge < -0.3 is 14.2 Å². The predicted octanol–water partition coefficient (Wildman–Crippen LogP) is 2.40. The summed E-state index contributed by atoms with van der Waals surface area (Å²) in [5.41, 5.74) is 2.01. The molecule has 0 amide bonds. The number of hydrogen-bond donors (Lipinski definition) is 0. The quantitative estimate of drug-likeness (QED) is 0.608. The number of ether oxygens (including phenoxy) is 3. The summed E-state index contributed by atoms with van der Waals surface area (Å²) in [4.78, 5) is 11.6. The Hall–Kier alpha value is -1.55. The molecule has 1 saturated heterocycles. The van der Waals surface area contributed by atoms with Crippen molar-refractivity contribution in [1.29, 1.82) is 0 Å². The minimum Gasteiger partial charge on any atom is -0.496 e. The molecule has 2 rings (SSSR count). The molecule has 4 heteroatoms. The molecule has 0 N–H and O–H groups in total. The Bertz CT molecular complexity index is 453. The molecule has 0 bridgehead atoms. The van der Waals surface area contributed by atoms with Crippen LogP contribution in [0.15, 0.2) is 18.2 Å². The van der Waals surface area contributed by atoms with E-state index >= 15 is 0 Å². The first-order valence-electron chi connectivity index (χ1n) is 6.03. The summed E-state index contributed by atoms with van der Waals surface area (Å²) in [5.74, 6) is 0.546. The number of carbonyl (C=O) groups excluding carboxylic acids is 1. The summed E-state index contributed by atoms with van der Waals surface area (Å²) in [5, 5.41) is 0. The Balaban J connectivity index is 2.03. The van der Waals surface area contributed by atoms with Crippen LogP contribution in [0.5, 0.6) is 5.75 Å². The summed E-state index contributed by atoms with van der Waals surface area (Å²) < 4.78 is 15.7. The molecule has 0 spiro atoms. The van der Waals surface area contributed by atoms with Gasteiger partial charge in [-0.25, -0.2) is 4.79 Å². The molecule has 1 heterocycles. The second-order valence-electron chi connectivity index (χ2n) is 4.69. The van der Waals surface area contributed by atoms with Gasteiger partial charge in [0.2, 0.25) is 0 Å². The molecule has 1 aromatic rings. The third-order valence-corrected chi connectivity index (χ3v) is 2.82. The SMILES string of the molecule is COc1ccc(C2OC2C(=O)OC(C)C)cc1C. The fourth-order valence-electron chi connectivity index (χ4n) is 1.92. The number of esters is 1. The Labute approximate surface area is 107 Å². The third-order valence-electron chi connectivity index (χ3n) is 2.82. The Morgan fingerprint density at radius 3 is 2.67 bits per heavy atom. The number of methoxy groups -OCH3 is 1. The third kappa shape index (κ3) is 2.64. The van der Waals surface area contributed by atoms with Crippen LogP contribution in [0.3, 0.4) is 0 Å². The van der Waals surface area contributed by atoms with Gasteiger partial charge in [0.1, 0.15) is 11.9 Å². The Morgan fingerprint density at radius 2 is 2.11 bits per heavy atom. The molecule has 0 aliphatic carbocycles. The van der Waals surface area contributed by atoms with Crippen LogP contribution in [-0.2, 0) is 14.3 Å². The van der Waals surface area contributed by atoms with E-state index in [0.29, 0.717) is 0 Å². The van der Waals surface area contributed by atoms with Crippen molar-refractivity contribution < 1.29 is 19.0 Å². The highest BCUT2D eigenvalue weighted by Crippen LogP contribution is 2.40. The first-order chi connectivity index (χ1) is 8.52. The van der Waals surface area contributed by atoms with Crippen molar-refractivity contribution >= 4 is 5.97 Å². The van der Waals surface area contributed by atoms with E-state index < -0.39 is 6.10 Å². The normalized spacial score (nSPS) is 21.8. The molecule has 18 heavy (non-hydrogen) atoms. The first kappa shape index (κ1) is 12.9. The maximum Gasteiger partial charge on any atom is 0.338 e. The van der Waals surface area contributed by atoms with Gasteiger partial charge in [0.15, 0.2) is 6.10 Å². The van der Waals surface area contributed by atoms with Crippen molar-refractivity contribution in [3.05, 3.63) is 29.3 Å². The second-order valence-corrected chi connectivity index (χ2v) is 4.69. The summed E-state index contributed by atoms with van der Waals surface area (Å²) >= 11 is 0. The molecule has 1 fully saturated rings. The van der Waals surface area contributed by atoms with Crippen LogP contribution < -0.4 is 4.74 Å². The molecule has 2 unspecified atom stereocenters. The topological polar surface area (TPSA) is 48.1 Å². The van der Waals surface area contributed by atoms with Crippen LogP contribution >= 0.6 is 0 Å². The van der Waals surface area contributed by atoms with Gasteiger partial charge in [-0.15, -0.1) is 0 Å². The zero-order valence-corrected chi connectivity index (χ0v) is 11.1. The molecule has 0 radical (unpaired) electrons. The molecular weight excluding hydrogens is 232 g/mol. The van der Waals surface area contributed by atoms with Crippen LogP contribution in [0.1, 0.15) is 31.1 Å². The van der Waals surface area contributed by atoms with Gasteiger partial charge in [-0.2, -0.15) is 0 Å². The van der Waals surface area contributed by atoms with E-state index in [1.807, 2.05) is 39.0 Å². The lowest BCUT2D eigenvalue weighted by Crippen LogP contribution is -2.17. The first-order valence-corrected chi connectivity index (χ1v) is 6.03. The average Bonchev–Trinajstić information content (AvgIpc) is 3.07. The Kier molecular flexibility index (Phi) is 3.57. The fraction of sp³-hybridized carbons (Fsp3) is 0.500. The largest absolute Gasteiger partial charge is 0.496 e. The number of rotatable bonds is 4. The van der Waals surface area contributed by atoms with Crippen molar-refractivity contribution in [2.75, 3.05) is 7.11 Å². The summed E-state index contributed by atoms with van der Waals surface area (Å²) in [6, 6.07) is 5.78. The van der Waals surface area contributed by atoms with E-state index in [2.05, 4.69) is 0 Å². The standard InChI is InChI=1S/C14H18O4/c1-8(2)17-14(15)13-12(18-13)10-5-6-11(16-4)9(3)7-10/h5-8,12-13H,1-4H3. The van der Waals surface area contributed by atoms with Gasteiger partial charge in [-0.1, -0.05) is 6.07 Å². The number of carbonyl (C=O) groups is 1. The molecule has 2 atom stereocenters.